The topological polar surface area (TPSA) is 95.6 Å². The van der Waals surface area contributed by atoms with E-state index >= 15 is 0 Å². The molecule has 0 bridgehead atoms. The molecule has 0 spiro atoms. The highest BCUT2D eigenvalue weighted by Crippen LogP contribution is 2.31. The minimum absolute atomic E-state index is 0.0873. The number of benzene rings is 2. The van der Waals surface area contributed by atoms with Crippen LogP contribution in [0.2, 0.25) is 0 Å². The maximum Gasteiger partial charge on any atom is 0.258 e. The number of H-pyrrole nitrogens is 1. The minimum Gasteiger partial charge on any atom is -0.490 e. The second kappa shape index (κ2) is 8.99. The number of para-hydroxylation sites is 3. The maximum atomic E-state index is 12.8. The molecule has 1 aliphatic rings. The van der Waals surface area contributed by atoms with E-state index in [9.17, 15) is 14.4 Å². The van der Waals surface area contributed by atoms with Crippen LogP contribution in [0.25, 0.3) is 10.9 Å². The molecule has 0 saturated carbocycles. The first-order valence-corrected chi connectivity index (χ1v) is 10.3. The number of rotatable bonds is 6. The van der Waals surface area contributed by atoms with Crippen molar-refractivity contribution in [2.45, 2.75) is 26.3 Å². The van der Waals surface area contributed by atoms with Crippen molar-refractivity contribution in [2.24, 2.45) is 0 Å². The molecule has 0 fully saturated rings. The van der Waals surface area contributed by atoms with Gasteiger partial charge in [-0.05, 0) is 31.2 Å². The van der Waals surface area contributed by atoms with Gasteiger partial charge in [-0.1, -0.05) is 24.3 Å². The number of aromatic amines is 1. The van der Waals surface area contributed by atoms with Gasteiger partial charge in [-0.25, -0.2) is 4.98 Å². The summed E-state index contributed by atoms with van der Waals surface area (Å²) in [7, 11) is 0. The monoisotopic (exact) mass is 420 g/mol. The fourth-order valence-corrected chi connectivity index (χ4v) is 3.70. The normalized spacial score (nSPS) is 12.9. The summed E-state index contributed by atoms with van der Waals surface area (Å²) in [4.78, 5) is 48.3. The Morgan fingerprint density at radius 1 is 1.13 bits per heavy atom. The molecule has 1 aromatic heterocycles. The summed E-state index contributed by atoms with van der Waals surface area (Å²) in [6, 6.07) is 14.5. The summed E-state index contributed by atoms with van der Waals surface area (Å²) < 4.78 is 5.59. The lowest BCUT2D eigenvalue weighted by molar-refractivity contribution is -0.133. The van der Waals surface area contributed by atoms with E-state index in [-0.39, 0.29) is 36.8 Å². The van der Waals surface area contributed by atoms with Crippen molar-refractivity contribution >= 4 is 28.4 Å². The van der Waals surface area contributed by atoms with Gasteiger partial charge in [0.15, 0.2) is 0 Å². The highest BCUT2D eigenvalue weighted by Gasteiger charge is 2.24. The van der Waals surface area contributed by atoms with E-state index in [1.54, 1.807) is 28.0 Å². The number of fused-ring (bicyclic) bond motifs is 2. The van der Waals surface area contributed by atoms with E-state index in [1.807, 2.05) is 37.3 Å². The van der Waals surface area contributed by atoms with Crippen LogP contribution in [0.15, 0.2) is 53.3 Å². The van der Waals surface area contributed by atoms with Gasteiger partial charge in [0.25, 0.3) is 5.56 Å². The lowest BCUT2D eigenvalue weighted by atomic mass is 10.2. The molecule has 0 aliphatic carbocycles. The summed E-state index contributed by atoms with van der Waals surface area (Å²) in [5.74, 6) is 0.827. The van der Waals surface area contributed by atoms with E-state index in [0.29, 0.717) is 42.2 Å². The molecule has 31 heavy (non-hydrogen) atoms. The van der Waals surface area contributed by atoms with Crippen LogP contribution in [0, 0.1) is 0 Å². The number of ether oxygens (including phenoxy) is 1. The van der Waals surface area contributed by atoms with E-state index < -0.39 is 0 Å². The van der Waals surface area contributed by atoms with Gasteiger partial charge in [0.05, 0.1) is 29.7 Å². The molecule has 0 saturated heterocycles. The van der Waals surface area contributed by atoms with Crippen molar-refractivity contribution in [3.05, 3.63) is 64.7 Å². The molecular formula is C23H24N4O4. The van der Waals surface area contributed by atoms with Gasteiger partial charge < -0.3 is 19.5 Å². The van der Waals surface area contributed by atoms with E-state index in [1.165, 1.54) is 0 Å². The van der Waals surface area contributed by atoms with Gasteiger partial charge >= 0.3 is 0 Å². The fourth-order valence-electron chi connectivity index (χ4n) is 3.70. The Morgan fingerprint density at radius 3 is 2.74 bits per heavy atom. The third kappa shape index (κ3) is 4.42. The zero-order valence-electron chi connectivity index (χ0n) is 17.3. The molecule has 3 aromatic rings. The number of carbonyl (C=O) groups excluding carboxylic acids is 2. The molecule has 0 unspecified atom stereocenters. The van der Waals surface area contributed by atoms with Crippen molar-refractivity contribution in [3.63, 3.8) is 0 Å². The van der Waals surface area contributed by atoms with Crippen LogP contribution >= 0.6 is 0 Å². The third-order valence-corrected chi connectivity index (χ3v) is 5.32. The number of nitrogens with zero attached hydrogens (tertiary/aromatic N) is 3. The first-order chi connectivity index (χ1) is 15.1. The third-order valence-electron chi connectivity index (χ3n) is 5.32. The van der Waals surface area contributed by atoms with Crippen LogP contribution in [0.1, 0.15) is 25.6 Å². The van der Waals surface area contributed by atoms with Gasteiger partial charge in [0.1, 0.15) is 18.2 Å². The molecular weight excluding hydrogens is 396 g/mol. The van der Waals surface area contributed by atoms with Gasteiger partial charge in [0, 0.05) is 19.4 Å². The van der Waals surface area contributed by atoms with E-state index in [4.69, 9.17) is 4.74 Å². The first kappa shape index (κ1) is 20.6. The predicted molar refractivity (Wildman–Crippen MR) is 117 cm³/mol. The second-order valence-corrected chi connectivity index (χ2v) is 7.30. The second-order valence-electron chi connectivity index (χ2n) is 7.30. The van der Waals surface area contributed by atoms with E-state index in [2.05, 4.69) is 9.97 Å². The summed E-state index contributed by atoms with van der Waals surface area (Å²) in [6.45, 7) is 3.38. The number of hydrogen-bond donors (Lipinski definition) is 1. The molecule has 4 rings (SSSR count). The summed E-state index contributed by atoms with van der Waals surface area (Å²) in [6.07, 6.45) is 0.190. The lowest BCUT2D eigenvalue weighted by Gasteiger charge is -2.29. The van der Waals surface area contributed by atoms with Crippen LogP contribution in [-0.4, -0.2) is 46.4 Å². The van der Waals surface area contributed by atoms with Crippen molar-refractivity contribution in [2.75, 3.05) is 24.6 Å². The smallest absolute Gasteiger partial charge is 0.258 e. The number of anilines is 1. The molecule has 8 heteroatoms. The van der Waals surface area contributed by atoms with Crippen molar-refractivity contribution in [1.82, 2.24) is 14.9 Å². The Morgan fingerprint density at radius 2 is 1.90 bits per heavy atom. The van der Waals surface area contributed by atoms with Crippen LogP contribution < -0.4 is 15.2 Å². The molecule has 2 aromatic carbocycles. The molecule has 2 amide bonds. The molecule has 0 atom stereocenters. The zero-order valence-corrected chi connectivity index (χ0v) is 17.3. The molecule has 0 radical (unpaired) electrons. The fraction of sp³-hybridized carbons (Fsp3) is 0.304. The number of carbonyl (C=O) groups is 2. The molecule has 1 N–H and O–H groups in total. The quantitative estimate of drug-likeness (QED) is 0.661. The Balaban J connectivity index is 1.41. The van der Waals surface area contributed by atoms with Crippen molar-refractivity contribution in [3.8, 4) is 5.75 Å². The van der Waals surface area contributed by atoms with E-state index in [0.717, 1.165) is 5.69 Å². The number of aromatic nitrogens is 2. The molecule has 1 aliphatic heterocycles. The zero-order chi connectivity index (χ0) is 21.8. The minimum atomic E-state index is -0.231. The molecule has 2 heterocycles. The van der Waals surface area contributed by atoms with Gasteiger partial charge in [-0.3, -0.25) is 14.4 Å². The average molecular weight is 420 g/mol. The molecule has 8 nitrogen and oxygen atoms in total. The van der Waals surface area contributed by atoms with Crippen LogP contribution in [0.5, 0.6) is 5.75 Å². The van der Waals surface area contributed by atoms with Crippen molar-refractivity contribution in [1.29, 1.82) is 0 Å². The predicted octanol–water partition coefficient (Wildman–Crippen LogP) is 2.48. The first-order valence-electron chi connectivity index (χ1n) is 10.3. The Kier molecular flexibility index (Phi) is 5.97. The lowest BCUT2D eigenvalue weighted by Crippen LogP contribution is -2.39. The highest BCUT2D eigenvalue weighted by atomic mass is 16.5. The number of nitrogens with one attached hydrogen (secondary N) is 1. The summed E-state index contributed by atoms with van der Waals surface area (Å²) in [5.41, 5.74) is 1.09. The van der Waals surface area contributed by atoms with Crippen LogP contribution in [-0.2, 0) is 16.1 Å². The largest absolute Gasteiger partial charge is 0.490 e. The number of amides is 2. The maximum absolute atomic E-state index is 12.8. The SMILES string of the molecule is CCN(Cc1nc2ccccc2c(=O)[nH]1)C(=O)CCC(=O)N1CCOc2ccccc21. The summed E-state index contributed by atoms with van der Waals surface area (Å²) in [5, 5.41) is 0.511. The van der Waals surface area contributed by atoms with Gasteiger partial charge in [0.2, 0.25) is 11.8 Å². The number of hydrogen-bond acceptors (Lipinski definition) is 5. The average Bonchev–Trinajstić information content (AvgIpc) is 2.80. The summed E-state index contributed by atoms with van der Waals surface area (Å²) >= 11 is 0. The van der Waals surface area contributed by atoms with Crippen molar-refractivity contribution < 1.29 is 14.3 Å². The highest BCUT2D eigenvalue weighted by molar-refractivity contribution is 5.97. The Bertz CT molecular complexity index is 1170. The Hall–Kier alpha value is -3.68. The standard InChI is InChI=1S/C23H24N4O4/c1-2-26(15-20-24-17-8-4-3-7-16(17)23(30)25-20)21(28)11-12-22(29)27-13-14-31-19-10-6-5-9-18(19)27/h3-10H,2,11-15H2,1H3,(H,24,25,30). The van der Waals surface area contributed by atoms with Crippen LogP contribution in [0.4, 0.5) is 5.69 Å². The van der Waals surface area contributed by atoms with Crippen LogP contribution in [0.3, 0.4) is 0 Å². The Labute approximate surface area is 179 Å². The molecule has 160 valence electrons. The van der Waals surface area contributed by atoms with Gasteiger partial charge in [-0.2, -0.15) is 0 Å². The van der Waals surface area contributed by atoms with Gasteiger partial charge in [-0.15, -0.1) is 0 Å².